The van der Waals surface area contributed by atoms with Crippen LogP contribution < -0.4 is 4.74 Å². The van der Waals surface area contributed by atoms with E-state index in [1.807, 2.05) is 31.2 Å². The molecule has 0 spiro atoms. The highest BCUT2D eigenvalue weighted by Gasteiger charge is 2.30. The average Bonchev–Trinajstić information content (AvgIpc) is 3.03. The summed E-state index contributed by atoms with van der Waals surface area (Å²) in [5, 5.41) is 3.94. The molecule has 0 radical (unpaired) electrons. The first-order chi connectivity index (χ1) is 8.79. The Bertz CT molecular complexity index is 553. The maximum absolute atomic E-state index is 5.60. The van der Waals surface area contributed by atoms with Gasteiger partial charge >= 0.3 is 0 Å². The molecule has 0 unspecified atom stereocenters. The van der Waals surface area contributed by atoms with Crippen molar-refractivity contribution < 1.29 is 14.0 Å². The predicted molar refractivity (Wildman–Crippen MR) is 63.5 cm³/mol. The molecular weight excluding hydrogens is 232 g/mol. The SMILES string of the molecule is CO[C@H](C)c1noc([C@H]2COc3ccccc32)n1. The number of methoxy groups -OCH3 is 1. The topological polar surface area (TPSA) is 57.4 Å². The highest BCUT2D eigenvalue weighted by molar-refractivity contribution is 5.42. The number of rotatable bonds is 3. The minimum absolute atomic E-state index is 0.0199. The zero-order valence-electron chi connectivity index (χ0n) is 10.3. The summed E-state index contributed by atoms with van der Waals surface area (Å²) in [5.74, 6) is 2.06. The van der Waals surface area contributed by atoms with Crippen molar-refractivity contribution in [2.45, 2.75) is 18.9 Å². The van der Waals surface area contributed by atoms with Crippen molar-refractivity contribution in [3.8, 4) is 5.75 Å². The molecule has 0 amide bonds. The molecule has 1 aliphatic heterocycles. The van der Waals surface area contributed by atoms with Crippen LogP contribution in [0.1, 0.15) is 36.2 Å². The van der Waals surface area contributed by atoms with Crippen LogP contribution in [0.15, 0.2) is 28.8 Å². The van der Waals surface area contributed by atoms with Crippen LogP contribution in [0.3, 0.4) is 0 Å². The Kier molecular flexibility index (Phi) is 2.76. The lowest BCUT2D eigenvalue weighted by Crippen LogP contribution is -2.04. The number of para-hydroxylation sites is 1. The van der Waals surface area contributed by atoms with E-state index in [4.69, 9.17) is 14.0 Å². The molecule has 0 saturated heterocycles. The average molecular weight is 246 g/mol. The van der Waals surface area contributed by atoms with Crippen LogP contribution in [0.5, 0.6) is 5.75 Å². The number of fused-ring (bicyclic) bond motifs is 1. The Hall–Kier alpha value is -1.88. The molecule has 18 heavy (non-hydrogen) atoms. The van der Waals surface area contributed by atoms with Crippen molar-refractivity contribution in [2.75, 3.05) is 13.7 Å². The Morgan fingerprint density at radius 2 is 2.22 bits per heavy atom. The van der Waals surface area contributed by atoms with Crippen LogP contribution in [-0.4, -0.2) is 23.9 Å². The Labute approximate surface area is 105 Å². The molecule has 0 aliphatic carbocycles. The van der Waals surface area contributed by atoms with Gasteiger partial charge in [-0.1, -0.05) is 23.4 Å². The van der Waals surface area contributed by atoms with Crippen LogP contribution in [0.4, 0.5) is 0 Å². The Balaban J connectivity index is 1.91. The van der Waals surface area contributed by atoms with Crippen LogP contribution in [0, 0.1) is 0 Å². The van der Waals surface area contributed by atoms with Gasteiger partial charge in [-0.2, -0.15) is 4.98 Å². The van der Waals surface area contributed by atoms with E-state index < -0.39 is 0 Å². The summed E-state index contributed by atoms with van der Waals surface area (Å²) in [5.41, 5.74) is 1.10. The molecule has 5 heteroatoms. The first-order valence-electron chi connectivity index (χ1n) is 5.87. The van der Waals surface area contributed by atoms with E-state index in [9.17, 15) is 0 Å². The monoisotopic (exact) mass is 246 g/mol. The normalized spacial score (nSPS) is 19.3. The molecule has 5 nitrogen and oxygen atoms in total. The zero-order chi connectivity index (χ0) is 12.5. The largest absolute Gasteiger partial charge is 0.492 e. The van der Waals surface area contributed by atoms with Crippen molar-refractivity contribution in [3.05, 3.63) is 41.5 Å². The van der Waals surface area contributed by atoms with E-state index in [1.54, 1.807) is 7.11 Å². The van der Waals surface area contributed by atoms with Crippen molar-refractivity contribution in [2.24, 2.45) is 0 Å². The van der Waals surface area contributed by atoms with Gasteiger partial charge in [0.15, 0.2) is 5.82 Å². The standard InChI is InChI=1S/C13H14N2O3/c1-8(16-2)12-14-13(18-15-12)10-7-17-11-6-4-3-5-9(10)11/h3-6,8,10H,7H2,1-2H3/t8-,10+/m1/s1. The molecule has 1 aromatic heterocycles. The van der Waals surface area contributed by atoms with Gasteiger partial charge in [0.1, 0.15) is 24.4 Å². The van der Waals surface area contributed by atoms with E-state index in [-0.39, 0.29) is 12.0 Å². The van der Waals surface area contributed by atoms with Gasteiger partial charge in [0.2, 0.25) is 5.89 Å². The number of hydrogen-bond acceptors (Lipinski definition) is 5. The zero-order valence-corrected chi connectivity index (χ0v) is 10.3. The number of aromatic nitrogens is 2. The van der Waals surface area contributed by atoms with Gasteiger partial charge in [0.05, 0.1) is 0 Å². The molecule has 2 aromatic rings. The van der Waals surface area contributed by atoms with Crippen LogP contribution in [0.25, 0.3) is 0 Å². The van der Waals surface area contributed by atoms with Crippen molar-refractivity contribution in [1.82, 2.24) is 10.1 Å². The van der Waals surface area contributed by atoms with Gasteiger partial charge < -0.3 is 14.0 Å². The summed E-state index contributed by atoms with van der Waals surface area (Å²) >= 11 is 0. The lowest BCUT2D eigenvalue weighted by molar-refractivity contribution is 0.109. The molecule has 0 N–H and O–H groups in total. The minimum Gasteiger partial charge on any atom is -0.492 e. The predicted octanol–water partition coefficient (Wildman–Crippen LogP) is 2.30. The van der Waals surface area contributed by atoms with E-state index >= 15 is 0 Å². The van der Waals surface area contributed by atoms with Crippen molar-refractivity contribution >= 4 is 0 Å². The molecular formula is C13H14N2O3. The highest BCUT2D eigenvalue weighted by atomic mass is 16.5. The second-order valence-corrected chi connectivity index (χ2v) is 4.27. The lowest BCUT2D eigenvalue weighted by Gasteiger charge is -2.02. The van der Waals surface area contributed by atoms with E-state index in [2.05, 4.69) is 10.1 Å². The van der Waals surface area contributed by atoms with Crippen molar-refractivity contribution in [3.63, 3.8) is 0 Å². The van der Waals surface area contributed by atoms with Crippen LogP contribution >= 0.6 is 0 Å². The molecule has 1 aliphatic rings. The van der Waals surface area contributed by atoms with E-state index in [0.29, 0.717) is 18.3 Å². The summed E-state index contributed by atoms with van der Waals surface area (Å²) in [4.78, 5) is 4.38. The Morgan fingerprint density at radius 1 is 1.39 bits per heavy atom. The fraction of sp³-hybridized carbons (Fsp3) is 0.385. The molecule has 1 aromatic carbocycles. The first-order valence-corrected chi connectivity index (χ1v) is 5.87. The lowest BCUT2D eigenvalue weighted by atomic mass is 10.0. The quantitative estimate of drug-likeness (QED) is 0.831. The summed E-state index contributed by atoms with van der Waals surface area (Å²) in [6.07, 6.45) is -0.167. The van der Waals surface area contributed by atoms with E-state index in [1.165, 1.54) is 0 Å². The molecule has 0 fully saturated rings. The molecule has 3 rings (SSSR count). The second-order valence-electron chi connectivity index (χ2n) is 4.27. The summed E-state index contributed by atoms with van der Waals surface area (Å²) < 4.78 is 16.1. The Morgan fingerprint density at radius 3 is 3.06 bits per heavy atom. The number of benzene rings is 1. The smallest absolute Gasteiger partial charge is 0.237 e. The summed E-state index contributed by atoms with van der Waals surface area (Å²) in [7, 11) is 1.62. The van der Waals surface area contributed by atoms with Gasteiger partial charge in [-0.25, -0.2) is 0 Å². The highest BCUT2D eigenvalue weighted by Crippen LogP contribution is 2.37. The molecule has 0 bridgehead atoms. The van der Waals surface area contributed by atoms with E-state index in [0.717, 1.165) is 11.3 Å². The van der Waals surface area contributed by atoms with Gasteiger partial charge in [-0.15, -0.1) is 0 Å². The second kappa shape index (κ2) is 4.42. The number of ether oxygens (including phenoxy) is 2. The minimum atomic E-state index is -0.167. The third kappa shape index (κ3) is 1.76. The third-order valence-corrected chi connectivity index (χ3v) is 3.17. The van der Waals surface area contributed by atoms with Crippen LogP contribution in [-0.2, 0) is 4.74 Å². The van der Waals surface area contributed by atoms with Crippen LogP contribution in [0.2, 0.25) is 0 Å². The van der Waals surface area contributed by atoms with Crippen molar-refractivity contribution in [1.29, 1.82) is 0 Å². The third-order valence-electron chi connectivity index (χ3n) is 3.17. The van der Waals surface area contributed by atoms with Gasteiger partial charge in [-0.3, -0.25) is 0 Å². The summed E-state index contributed by atoms with van der Waals surface area (Å²) in [6.45, 7) is 2.43. The molecule has 2 heterocycles. The fourth-order valence-electron chi connectivity index (χ4n) is 2.03. The maximum atomic E-state index is 5.60. The maximum Gasteiger partial charge on any atom is 0.237 e. The molecule has 2 atom stereocenters. The molecule has 0 saturated carbocycles. The number of hydrogen-bond donors (Lipinski definition) is 0. The van der Waals surface area contributed by atoms with Gasteiger partial charge in [0.25, 0.3) is 0 Å². The first kappa shape index (κ1) is 11.2. The fourth-order valence-corrected chi connectivity index (χ4v) is 2.03. The number of nitrogens with zero attached hydrogens (tertiary/aromatic N) is 2. The van der Waals surface area contributed by atoms with Gasteiger partial charge in [0, 0.05) is 12.7 Å². The molecule has 94 valence electrons. The summed E-state index contributed by atoms with van der Waals surface area (Å²) in [6, 6.07) is 7.91. The van der Waals surface area contributed by atoms with Gasteiger partial charge in [-0.05, 0) is 13.0 Å².